The third-order valence-electron chi connectivity index (χ3n) is 1.06. The molecule has 0 aliphatic rings. The summed E-state index contributed by atoms with van der Waals surface area (Å²) in [5, 5.41) is 19.2. The molecule has 0 saturated carbocycles. The Labute approximate surface area is 69.7 Å². The molecule has 12 heavy (non-hydrogen) atoms. The highest BCUT2D eigenvalue weighted by molar-refractivity contribution is 5.94. The van der Waals surface area contributed by atoms with Gasteiger partial charge < -0.3 is 15.5 Å². The average Bonchev–Trinajstić information content (AvgIpc) is 1.96. The van der Waals surface area contributed by atoms with Crippen LogP contribution in [-0.4, -0.2) is 28.7 Å². The van der Waals surface area contributed by atoms with Crippen molar-refractivity contribution in [2.24, 2.45) is 0 Å². The number of carboxylic acids is 2. The van der Waals surface area contributed by atoms with Gasteiger partial charge in [0.25, 0.3) is 0 Å². The Balaban J connectivity index is 4.23. The fraction of sp³-hybridized carbons (Fsp3) is 0.429. The molecule has 0 aliphatic heterocycles. The molecule has 5 nitrogen and oxygen atoms in total. The third-order valence-corrected chi connectivity index (χ3v) is 1.06. The predicted octanol–water partition coefficient (Wildman–Crippen LogP) is 0.0391. The minimum absolute atomic E-state index is 0.288. The normalized spacial score (nSPS) is 10.9. The summed E-state index contributed by atoms with van der Waals surface area (Å²) < 4.78 is 0. The van der Waals surface area contributed by atoms with Crippen LogP contribution in [-0.2, 0) is 9.59 Å². The van der Waals surface area contributed by atoms with Gasteiger partial charge in [0.15, 0.2) is 0 Å². The van der Waals surface area contributed by atoms with Crippen LogP contribution in [0.5, 0.6) is 0 Å². The molecule has 0 atom stereocenters. The molecule has 0 bridgehead atoms. The predicted molar refractivity (Wildman–Crippen MR) is 41.6 cm³/mol. The van der Waals surface area contributed by atoms with Crippen LogP contribution in [0.2, 0.25) is 0 Å². The Kier molecular flexibility index (Phi) is 4.52. The van der Waals surface area contributed by atoms with E-state index in [0.29, 0.717) is 12.6 Å². The molecule has 0 aromatic heterocycles. The van der Waals surface area contributed by atoms with Crippen LogP contribution in [0.15, 0.2) is 11.8 Å². The second kappa shape index (κ2) is 5.17. The molecule has 0 unspecified atom stereocenters. The van der Waals surface area contributed by atoms with E-state index in [1.807, 2.05) is 6.92 Å². The minimum Gasteiger partial charge on any atom is -0.478 e. The van der Waals surface area contributed by atoms with Crippen LogP contribution in [0.4, 0.5) is 0 Å². The van der Waals surface area contributed by atoms with Gasteiger partial charge in [-0.1, -0.05) is 6.92 Å². The van der Waals surface area contributed by atoms with Gasteiger partial charge in [-0.3, -0.25) is 0 Å². The molecule has 0 amide bonds. The molecule has 0 heterocycles. The first kappa shape index (κ1) is 10.5. The van der Waals surface area contributed by atoms with Gasteiger partial charge in [0.05, 0.1) is 6.08 Å². The Morgan fingerprint density at radius 2 is 2.00 bits per heavy atom. The van der Waals surface area contributed by atoms with E-state index in [-0.39, 0.29) is 5.70 Å². The van der Waals surface area contributed by atoms with Crippen molar-refractivity contribution >= 4 is 11.9 Å². The van der Waals surface area contributed by atoms with E-state index in [1.54, 1.807) is 0 Å². The van der Waals surface area contributed by atoms with E-state index < -0.39 is 11.9 Å². The van der Waals surface area contributed by atoms with Crippen molar-refractivity contribution in [2.45, 2.75) is 13.3 Å². The van der Waals surface area contributed by atoms with E-state index >= 15 is 0 Å². The second-order valence-electron chi connectivity index (χ2n) is 2.13. The van der Waals surface area contributed by atoms with Crippen molar-refractivity contribution in [1.82, 2.24) is 5.32 Å². The molecule has 3 N–H and O–H groups in total. The molecule has 0 aromatic rings. The van der Waals surface area contributed by atoms with Gasteiger partial charge in [-0.15, -0.1) is 0 Å². The van der Waals surface area contributed by atoms with Crippen LogP contribution in [0, 0.1) is 0 Å². The first-order valence-corrected chi connectivity index (χ1v) is 3.49. The average molecular weight is 173 g/mol. The van der Waals surface area contributed by atoms with Crippen molar-refractivity contribution in [3.63, 3.8) is 0 Å². The number of carbonyl (C=O) groups is 2. The van der Waals surface area contributed by atoms with Crippen LogP contribution in [0.1, 0.15) is 13.3 Å². The fourth-order valence-corrected chi connectivity index (χ4v) is 0.572. The lowest BCUT2D eigenvalue weighted by Gasteiger charge is -2.02. The largest absolute Gasteiger partial charge is 0.478 e. The summed E-state index contributed by atoms with van der Waals surface area (Å²) in [6.45, 7) is 2.30. The van der Waals surface area contributed by atoms with E-state index in [1.165, 1.54) is 0 Å². The zero-order valence-corrected chi connectivity index (χ0v) is 6.70. The Hall–Kier alpha value is -1.52. The number of nitrogens with one attached hydrogen (secondary N) is 1. The van der Waals surface area contributed by atoms with Gasteiger partial charge >= 0.3 is 11.9 Å². The van der Waals surface area contributed by atoms with Gasteiger partial charge in [0.1, 0.15) is 5.70 Å². The topological polar surface area (TPSA) is 86.6 Å². The number of carboxylic acid groups (broad SMARTS) is 2. The molecular weight excluding hydrogens is 162 g/mol. The Morgan fingerprint density at radius 3 is 2.33 bits per heavy atom. The number of hydrogen-bond donors (Lipinski definition) is 3. The van der Waals surface area contributed by atoms with E-state index in [0.717, 1.165) is 6.42 Å². The number of rotatable bonds is 5. The van der Waals surface area contributed by atoms with Crippen molar-refractivity contribution in [1.29, 1.82) is 0 Å². The quantitative estimate of drug-likeness (QED) is 0.511. The minimum atomic E-state index is -1.27. The van der Waals surface area contributed by atoms with Crippen LogP contribution >= 0.6 is 0 Å². The van der Waals surface area contributed by atoms with E-state index in [2.05, 4.69) is 5.32 Å². The summed E-state index contributed by atoms with van der Waals surface area (Å²) in [5.74, 6) is -2.53. The molecule has 0 spiro atoms. The SMILES string of the molecule is CCCN/C(=C/C(=O)O)C(=O)O. The fourth-order valence-electron chi connectivity index (χ4n) is 0.572. The highest BCUT2D eigenvalue weighted by Crippen LogP contribution is 1.89. The van der Waals surface area contributed by atoms with Crippen molar-refractivity contribution < 1.29 is 19.8 Å². The van der Waals surface area contributed by atoms with Crippen molar-refractivity contribution in [3.05, 3.63) is 11.8 Å². The molecule has 0 aliphatic carbocycles. The lowest BCUT2D eigenvalue weighted by molar-refractivity contribution is -0.135. The number of aliphatic carboxylic acids is 2. The summed E-state index contributed by atoms with van der Waals surface area (Å²) in [6.07, 6.45) is 1.38. The lowest BCUT2D eigenvalue weighted by atomic mass is 10.3. The highest BCUT2D eigenvalue weighted by atomic mass is 16.4. The maximum absolute atomic E-state index is 10.3. The zero-order chi connectivity index (χ0) is 9.56. The second-order valence-corrected chi connectivity index (χ2v) is 2.13. The molecule has 0 rings (SSSR count). The maximum atomic E-state index is 10.3. The number of hydrogen-bond acceptors (Lipinski definition) is 3. The summed E-state index contributed by atoms with van der Waals surface area (Å²) in [7, 11) is 0. The monoisotopic (exact) mass is 173 g/mol. The lowest BCUT2D eigenvalue weighted by Crippen LogP contribution is -2.22. The van der Waals surface area contributed by atoms with Crippen LogP contribution < -0.4 is 5.32 Å². The Bertz CT molecular complexity index is 209. The van der Waals surface area contributed by atoms with Crippen molar-refractivity contribution in [3.8, 4) is 0 Å². The van der Waals surface area contributed by atoms with Crippen molar-refractivity contribution in [2.75, 3.05) is 6.54 Å². The maximum Gasteiger partial charge on any atom is 0.352 e. The first-order valence-electron chi connectivity index (χ1n) is 3.49. The summed E-state index contributed by atoms with van der Waals surface area (Å²) in [4.78, 5) is 20.4. The summed E-state index contributed by atoms with van der Waals surface area (Å²) in [6, 6.07) is 0. The van der Waals surface area contributed by atoms with Gasteiger partial charge in [-0.05, 0) is 6.42 Å². The van der Waals surface area contributed by atoms with Gasteiger partial charge in [0, 0.05) is 6.54 Å². The molecular formula is C7H11NO4. The van der Waals surface area contributed by atoms with E-state index in [9.17, 15) is 9.59 Å². The van der Waals surface area contributed by atoms with Crippen LogP contribution in [0.3, 0.4) is 0 Å². The van der Waals surface area contributed by atoms with Gasteiger partial charge in [-0.25, -0.2) is 9.59 Å². The smallest absolute Gasteiger partial charge is 0.352 e. The summed E-state index contributed by atoms with van der Waals surface area (Å²) >= 11 is 0. The molecule has 0 fully saturated rings. The molecule has 0 radical (unpaired) electrons. The third kappa shape index (κ3) is 4.32. The van der Waals surface area contributed by atoms with Gasteiger partial charge in [-0.2, -0.15) is 0 Å². The zero-order valence-electron chi connectivity index (χ0n) is 6.70. The summed E-state index contributed by atoms with van der Waals surface area (Å²) in [5.41, 5.74) is -0.288. The van der Waals surface area contributed by atoms with Gasteiger partial charge in [0.2, 0.25) is 0 Å². The highest BCUT2D eigenvalue weighted by Gasteiger charge is 2.07. The van der Waals surface area contributed by atoms with Crippen LogP contribution in [0.25, 0.3) is 0 Å². The van der Waals surface area contributed by atoms with E-state index in [4.69, 9.17) is 10.2 Å². The molecule has 68 valence electrons. The standard InChI is InChI=1S/C7H11NO4/c1-2-3-8-5(7(11)12)4-6(9)10/h4,8H,2-3H2,1H3,(H,9,10)(H,11,12)/b5-4+. The molecule has 0 saturated heterocycles. The Morgan fingerprint density at radius 1 is 1.42 bits per heavy atom. The molecule has 5 heteroatoms. The molecule has 0 aromatic carbocycles. The first-order chi connectivity index (χ1) is 5.57.